The number of likely N-dealkylation sites (N-methyl/N-ethyl adjacent to an activating group) is 1. The van der Waals surface area contributed by atoms with Crippen molar-refractivity contribution >= 4 is 16.8 Å². The molecular formula is C26H23F3N4O. The van der Waals surface area contributed by atoms with Gasteiger partial charge in [0, 0.05) is 36.8 Å². The molecule has 174 valence electrons. The molecule has 34 heavy (non-hydrogen) atoms. The van der Waals surface area contributed by atoms with E-state index in [4.69, 9.17) is 0 Å². The number of benzene rings is 2. The summed E-state index contributed by atoms with van der Waals surface area (Å²) in [5, 5.41) is 7.42. The average molecular weight is 464 g/mol. The first-order valence-corrected chi connectivity index (χ1v) is 11.5. The van der Waals surface area contributed by atoms with Gasteiger partial charge >= 0.3 is 0 Å². The number of carbonyl (C=O) groups is 1. The molecule has 1 aromatic heterocycles. The van der Waals surface area contributed by atoms with E-state index in [1.165, 1.54) is 30.5 Å². The van der Waals surface area contributed by atoms with Crippen LogP contribution in [0.1, 0.15) is 47.6 Å². The fourth-order valence-corrected chi connectivity index (χ4v) is 5.88. The molecule has 1 saturated heterocycles. The number of rotatable bonds is 2. The Hall–Kier alpha value is -3.23. The highest BCUT2D eigenvalue weighted by Crippen LogP contribution is 2.47. The number of hydrazine groups is 1. The quantitative estimate of drug-likeness (QED) is 0.588. The highest BCUT2D eigenvalue weighted by atomic mass is 19.1. The molecule has 4 heterocycles. The third-order valence-corrected chi connectivity index (χ3v) is 7.20. The van der Waals surface area contributed by atoms with E-state index in [0.29, 0.717) is 22.9 Å². The van der Waals surface area contributed by atoms with Gasteiger partial charge in [-0.3, -0.25) is 9.78 Å². The maximum Gasteiger partial charge on any atom is 0.273 e. The van der Waals surface area contributed by atoms with Crippen LogP contribution in [0.5, 0.6) is 0 Å². The number of nitrogens with zero attached hydrogens (tertiary/aromatic N) is 3. The van der Waals surface area contributed by atoms with Crippen LogP contribution in [0.3, 0.4) is 0 Å². The maximum atomic E-state index is 14.4. The van der Waals surface area contributed by atoms with Gasteiger partial charge in [-0.1, -0.05) is 6.07 Å². The zero-order valence-electron chi connectivity index (χ0n) is 18.6. The molecule has 3 aliphatic heterocycles. The molecule has 0 aliphatic carbocycles. The van der Waals surface area contributed by atoms with Crippen molar-refractivity contribution in [2.45, 2.75) is 43.8 Å². The monoisotopic (exact) mass is 464 g/mol. The third kappa shape index (κ3) is 3.24. The van der Waals surface area contributed by atoms with Gasteiger partial charge in [0.25, 0.3) is 5.91 Å². The minimum Gasteiger partial charge on any atom is -0.306 e. The Kier molecular flexibility index (Phi) is 4.97. The Morgan fingerprint density at radius 2 is 1.88 bits per heavy atom. The summed E-state index contributed by atoms with van der Waals surface area (Å²) in [7, 11) is 1.76. The lowest BCUT2D eigenvalue weighted by Crippen LogP contribution is -2.51. The van der Waals surface area contributed by atoms with Crippen molar-refractivity contribution in [1.29, 1.82) is 0 Å². The van der Waals surface area contributed by atoms with E-state index in [1.54, 1.807) is 29.2 Å². The van der Waals surface area contributed by atoms with Crippen molar-refractivity contribution in [3.63, 3.8) is 0 Å². The van der Waals surface area contributed by atoms with Crippen LogP contribution in [0.2, 0.25) is 0 Å². The molecule has 1 fully saturated rings. The number of halogens is 3. The number of fused-ring (bicyclic) bond motifs is 4. The molecule has 1 amide bonds. The summed E-state index contributed by atoms with van der Waals surface area (Å²) in [5.74, 6) is -2.12. The van der Waals surface area contributed by atoms with Gasteiger partial charge < -0.3 is 5.32 Å². The predicted octanol–water partition coefficient (Wildman–Crippen LogP) is 4.86. The van der Waals surface area contributed by atoms with E-state index < -0.39 is 23.5 Å². The van der Waals surface area contributed by atoms with Crippen molar-refractivity contribution < 1.29 is 18.0 Å². The molecule has 2 aromatic carbocycles. The normalized spacial score (nSPS) is 24.6. The first-order valence-electron chi connectivity index (χ1n) is 11.5. The van der Waals surface area contributed by atoms with Crippen molar-refractivity contribution in [3.05, 3.63) is 88.5 Å². The molecule has 3 aromatic rings. The van der Waals surface area contributed by atoms with Gasteiger partial charge in [-0.2, -0.15) is 0 Å². The van der Waals surface area contributed by atoms with Crippen LogP contribution in [-0.4, -0.2) is 40.0 Å². The Balaban J connectivity index is 1.51. The number of hydrogen-bond acceptors (Lipinski definition) is 4. The van der Waals surface area contributed by atoms with Gasteiger partial charge in [0.2, 0.25) is 0 Å². The molecule has 0 spiro atoms. The van der Waals surface area contributed by atoms with Crippen molar-refractivity contribution in [3.8, 4) is 0 Å². The summed E-state index contributed by atoms with van der Waals surface area (Å²) in [6.45, 7) is 0. The third-order valence-electron chi connectivity index (χ3n) is 7.20. The topological polar surface area (TPSA) is 48.5 Å². The fourth-order valence-electron chi connectivity index (χ4n) is 5.88. The van der Waals surface area contributed by atoms with Crippen LogP contribution >= 0.6 is 0 Å². The van der Waals surface area contributed by atoms with E-state index in [0.717, 1.165) is 36.6 Å². The molecule has 6 rings (SSSR count). The predicted molar refractivity (Wildman–Crippen MR) is 121 cm³/mol. The van der Waals surface area contributed by atoms with Gasteiger partial charge in [0.05, 0.1) is 17.3 Å². The Morgan fingerprint density at radius 1 is 1.09 bits per heavy atom. The highest BCUT2D eigenvalue weighted by Gasteiger charge is 2.48. The number of hydrogen-bond donors (Lipinski definition) is 1. The molecule has 2 bridgehead atoms. The standard InChI is InChI=1S/C26H23F3N4O/c1-32-24(14-10-15(27)12-16(28)11-14)20-13-17-4-2-6-22(31-17)25(20)33(32)26(34)19-7-8-21(29)23-18(19)5-3-9-30-23/h3,5,7-12,17,22,24,31H,2,4,6,13H2,1H3/t17-,22+,24?/m1/s1. The number of pyridine rings is 1. The molecule has 0 radical (unpaired) electrons. The Labute approximate surface area is 194 Å². The fraction of sp³-hybridized carbons (Fsp3) is 0.308. The van der Waals surface area contributed by atoms with E-state index >= 15 is 0 Å². The van der Waals surface area contributed by atoms with Crippen LogP contribution in [0, 0.1) is 17.5 Å². The van der Waals surface area contributed by atoms with Crippen LogP contribution in [0.4, 0.5) is 13.2 Å². The van der Waals surface area contributed by atoms with Crippen LogP contribution in [0.15, 0.2) is 59.9 Å². The smallest absolute Gasteiger partial charge is 0.273 e. The lowest BCUT2D eigenvalue weighted by atomic mass is 9.81. The molecule has 3 atom stereocenters. The summed E-state index contributed by atoms with van der Waals surface area (Å²) < 4.78 is 42.8. The molecule has 3 aliphatic rings. The van der Waals surface area contributed by atoms with Gasteiger partial charge in [-0.15, -0.1) is 0 Å². The second-order valence-corrected chi connectivity index (χ2v) is 9.25. The van der Waals surface area contributed by atoms with Crippen LogP contribution < -0.4 is 5.32 Å². The number of aromatic nitrogens is 1. The summed E-state index contributed by atoms with van der Waals surface area (Å²) >= 11 is 0. The molecular weight excluding hydrogens is 441 g/mol. The Morgan fingerprint density at radius 3 is 2.68 bits per heavy atom. The lowest BCUT2D eigenvalue weighted by molar-refractivity contribution is 0.0211. The van der Waals surface area contributed by atoms with Crippen molar-refractivity contribution in [2.24, 2.45) is 0 Å². The molecule has 8 heteroatoms. The maximum absolute atomic E-state index is 14.4. The van der Waals surface area contributed by atoms with Crippen molar-refractivity contribution in [2.75, 3.05) is 7.05 Å². The van der Waals surface area contributed by atoms with Gasteiger partial charge in [-0.25, -0.2) is 23.2 Å². The van der Waals surface area contributed by atoms with E-state index in [2.05, 4.69) is 10.3 Å². The van der Waals surface area contributed by atoms with Crippen LogP contribution in [-0.2, 0) is 0 Å². The largest absolute Gasteiger partial charge is 0.306 e. The molecule has 1 N–H and O–H groups in total. The minimum absolute atomic E-state index is 0.0397. The lowest BCUT2D eigenvalue weighted by Gasteiger charge is -2.39. The second kappa shape index (κ2) is 7.92. The average Bonchev–Trinajstić information content (AvgIpc) is 3.10. The summed E-state index contributed by atoms with van der Waals surface area (Å²) in [4.78, 5) is 18.1. The minimum atomic E-state index is -0.653. The zero-order chi connectivity index (χ0) is 23.6. The van der Waals surface area contributed by atoms with Crippen molar-refractivity contribution in [1.82, 2.24) is 20.3 Å². The van der Waals surface area contributed by atoms with Gasteiger partial charge in [0.1, 0.15) is 23.0 Å². The zero-order valence-corrected chi connectivity index (χ0v) is 18.6. The van der Waals surface area contributed by atoms with Gasteiger partial charge in [0.15, 0.2) is 0 Å². The molecule has 0 saturated carbocycles. The number of nitrogens with one attached hydrogen (secondary N) is 1. The Bertz CT molecular complexity index is 1340. The number of piperidine rings is 1. The van der Waals surface area contributed by atoms with E-state index in [1.807, 2.05) is 0 Å². The van der Waals surface area contributed by atoms with Crippen LogP contribution in [0.25, 0.3) is 10.9 Å². The summed E-state index contributed by atoms with van der Waals surface area (Å²) in [6.07, 6.45) is 5.10. The highest BCUT2D eigenvalue weighted by molar-refractivity contribution is 6.07. The second-order valence-electron chi connectivity index (χ2n) is 9.25. The van der Waals surface area contributed by atoms with Gasteiger partial charge in [-0.05, 0) is 67.2 Å². The number of carbonyl (C=O) groups excluding carboxylic acids is 1. The molecule has 1 unspecified atom stereocenters. The summed E-state index contributed by atoms with van der Waals surface area (Å²) in [5.41, 5.74) is 2.76. The first kappa shape index (κ1) is 21.3. The van der Waals surface area contributed by atoms with E-state index in [9.17, 15) is 18.0 Å². The first-order chi connectivity index (χ1) is 16.4. The molecule has 5 nitrogen and oxygen atoms in total. The number of amides is 1. The van der Waals surface area contributed by atoms with E-state index in [-0.39, 0.29) is 23.5 Å². The SMILES string of the molecule is CN1C(c2cc(F)cc(F)c2)C2=C([C@@H]3CCC[C@H](C2)N3)N1C(=O)c1ccc(F)c2ncccc12. The summed E-state index contributed by atoms with van der Waals surface area (Å²) in [6, 6.07) is 9.34.